The Bertz CT molecular complexity index is 564. The van der Waals surface area contributed by atoms with Crippen molar-refractivity contribution < 1.29 is 9.53 Å². The average Bonchev–Trinajstić information content (AvgIpc) is 2.46. The van der Waals surface area contributed by atoms with E-state index in [0.29, 0.717) is 5.56 Å². The van der Waals surface area contributed by atoms with Crippen LogP contribution in [0, 0.1) is 0 Å². The van der Waals surface area contributed by atoms with Crippen molar-refractivity contribution in [2.24, 2.45) is 0 Å². The summed E-state index contributed by atoms with van der Waals surface area (Å²) in [6.45, 7) is 0. The molecule has 92 valence electrons. The lowest BCUT2D eigenvalue weighted by Crippen LogP contribution is -2.04. The fraction of sp³-hybridized carbons (Fsp3) is 0.133. The quantitative estimate of drug-likeness (QED) is 0.839. The number of para-hydroxylation sites is 1. The molecule has 0 saturated carbocycles. The van der Waals surface area contributed by atoms with Gasteiger partial charge in [0.25, 0.3) is 0 Å². The van der Waals surface area contributed by atoms with Gasteiger partial charge in [-0.15, -0.1) is 0 Å². The van der Waals surface area contributed by atoms with E-state index in [9.17, 15) is 4.79 Å². The van der Waals surface area contributed by atoms with Gasteiger partial charge in [-0.2, -0.15) is 0 Å². The molecule has 2 rings (SSSR count). The second-order valence-corrected chi connectivity index (χ2v) is 3.83. The van der Waals surface area contributed by atoms with Crippen LogP contribution >= 0.6 is 0 Å². The molecule has 0 spiro atoms. The molecule has 0 aromatic heterocycles. The number of ether oxygens (including phenoxy) is 1. The lowest BCUT2D eigenvalue weighted by molar-refractivity contribution is 0.0601. The maximum absolute atomic E-state index is 11.8. The van der Waals surface area contributed by atoms with Crippen molar-refractivity contribution in [2.75, 3.05) is 19.5 Å². The molecule has 0 atom stereocenters. The molecule has 3 nitrogen and oxygen atoms in total. The monoisotopic (exact) mass is 241 g/mol. The molecule has 0 unspecified atom stereocenters. The number of rotatable bonds is 3. The summed E-state index contributed by atoms with van der Waals surface area (Å²) >= 11 is 0. The van der Waals surface area contributed by atoms with Gasteiger partial charge in [-0.25, -0.2) is 4.79 Å². The number of hydrogen-bond donors (Lipinski definition) is 1. The average molecular weight is 241 g/mol. The fourth-order valence-corrected chi connectivity index (χ4v) is 1.94. The zero-order chi connectivity index (χ0) is 13.0. The molecule has 3 heteroatoms. The van der Waals surface area contributed by atoms with E-state index < -0.39 is 0 Å². The number of anilines is 1. The second-order valence-electron chi connectivity index (χ2n) is 3.83. The van der Waals surface area contributed by atoms with Gasteiger partial charge < -0.3 is 10.1 Å². The van der Waals surface area contributed by atoms with Crippen molar-refractivity contribution in [3.8, 4) is 11.1 Å². The first kappa shape index (κ1) is 12.2. The molecule has 2 aromatic carbocycles. The summed E-state index contributed by atoms with van der Waals surface area (Å²) in [5.41, 5.74) is 3.41. The molecule has 0 aliphatic heterocycles. The van der Waals surface area contributed by atoms with E-state index in [1.165, 1.54) is 7.11 Å². The Morgan fingerprint density at radius 2 is 1.61 bits per heavy atom. The smallest absolute Gasteiger partial charge is 0.338 e. The van der Waals surface area contributed by atoms with Gasteiger partial charge in [0.15, 0.2) is 0 Å². The van der Waals surface area contributed by atoms with Crippen LogP contribution in [0.15, 0.2) is 48.5 Å². The normalized spacial score (nSPS) is 9.89. The van der Waals surface area contributed by atoms with E-state index in [0.717, 1.165) is 16.8 Å². The van der Waals surface area contributed by atoms with E-state index in [1.807, 2.05) is 49.5 Å². The lowest BCUT2D eigenvalue weighted by Gasteiger charge is -2.12. The summed E-state index contributed by atoms with van der Waals surface area (Å²) in [6.07, 6.45) is 0. The van der Waals surface area contributed by atoms with Crippen molar-refractivity contribution in [1.82, 2.24) is 0 Å². The molecule has 0 radical (unpaired) electrons. The van der Waals surface area contributed by atoms with Crippen LogP contribution in [0.2, 0.25) is 0 Å². The molecule has 2 aromatic rings. The highest BCUT2D eigenvalue weighted by molar-refractivity contribution is 5.99. The zero-order valence-corrected chi connectivity index (χ0v) is 10.4. The van der Waals surface area contributed by atoms with Crippen molar-refractivity contribution >= 4 is 11.7 Å². The number of benzene rings is 2. The molecular formula is C15H15NO2. The molecule has 0 amide bonds. The van der Waals surface area contributed by atoms with Crippen molar-refractivity contribution in [1.29, 1.82) is 0 Å². The zero-order valence-electron chi connectivity index (χ0n) is 10.4. The van der Waals surface area contributed by atoms with Crippen LogP contribution in [0.3, 0.4) is 0 Å². The van der Waals surface area contributed by atoms with Gasteiger partial charge in [-0.3, -0.25) is 0 Å². The van der Waals surface area contributed by atoms with Gasteiger partial charge in [0.05, 0.1) is 12.7 Å². The molecule has 1 N–H and O–H groups in total. The minimum atomic E-state index is -0.323. The van der Waals surface area contributed by atoms with Crippen molar-refractivity contribution in [2.45, 2.75) is 0 Å². The summed E-state index contributed by atoms with van der Waals surface area (Å²) in [6, 6.07) is 15.3. The highest BCUT2D eigenvalue weighted by atomic mass is 16.5. The third kappa shape index (κ3) is 2.20. The van der Waals surface area contributed by atoms with Crippen LogP contribution in [-0.4, -0.2) is 20.1 Å². The second kappa shape index (κ2) is 5.36. The van der Waals surface area contributed by atoms with Crippen molar-refractivity contribution in [3.05, 3.63) is 54.1 Å². The van der Waals surface area contributed by atoms with E-state index in [-0.39, 0.29) is 5.97 Å². The third-order valence-electron chi connectivity index (χ3n) is 2.82. The van der Waals surface area contributed by atoms with Gasteiger partial charge in [0, 0.05) is 18.3 Å². The minimum Gasteiger partial charge on any atom is -0.465 e. The third-order valence-corrected chi connectivity index (χ3v) is 2.82. The Morgan fingerprint density at radius 3 is 2.28 bits per heavy atom. The first-order valence-electron chi connectivity index (χ1n) is 5.72. The topological polar surface area (TPSA) is 38.3 Å². The standard InChI is InChI=1S/C15H15NO2/c1-16-14-10-6-5-8-12(14)11-7-3-4-9-13(11)15(17)18-2/h3-10,16H,1-2H3. The highest BCUT2D eigenvalue weighted by Crippen LogP contribution is 2.30. The molecule has 0 aliphatic carbocycles. The molecule has 0 heterocycles. The predicted molar refractivity (Wildman–Crippen MR) is 72.8 cm³/mol. The SMILES string of the molecule is CNc1ccccc1-c1ccccc1C(=O)OC. The van der Waals surface area contributed by atoms with E-state index in [1.54, 1.807) is 6.07 Å². The maximum Gasteiger partial charge on any atom is 0.338 e. The van der Waals surface area contributed by atoms with Gasteiger partial charge in [-0.1, -0.05) is 36.4 Å². The summed E-state index contributed by atoms with van der Waals surface area (Å²) < 4.78 is 4.81. The lowest BCUT2D eigenvalue weighted by atomic mass is 9.98. The Hall–Kier alpha value is -2.29. The Balaban J connectivity index is 2.60. The first-order valence-corrected chi connectivity index (χ1v) is 5.72. The van der Waals surface area contributed by atoms with E-state index in [4.69, 9.17) is 4.74 Å². The Kier molecular flexibility index (Phi) is 3.63. The van der Waals surface area contributed by atoms with Crippen LogP contribution < -0.4 is 5.32 Å². The number of nitrogens with one attached hydrogen (secondary N) is 1. The van der Waals surface area contributed by atoms with Gasteiger partial charge in [-0.05, 0) is 17.7 Å². The van der Waals surface area contributed by atoms with E-state index in [2.05, 4.69) is 5.32 Å². The first-order chi connectivity index (χ1) is 8.77. The molecule has 0 fully saturated rings. The summed E-state index contributed by atoms with van der Waals surface area (Å²) in [5, 5.41) is 3.13. The van der Waals surface area contributed by atoms with Gasteiger partial charge >= 0.3 is 5.97 Å². The largest absolute Gasteiger partial charge is 0.465 e. The van der Waals surface area contributed by atoms with Crippen LogP contribution in [0.5, 0.6) is 0 Å². The van der Waals surface area contributed by atoms with Crippen LogP contribution in [0.4, 0.5) is 5.69 Å². The van der Waals surface area contributed by atoms with Crippen LogP contribution in [0.25, 0.3) is 11.1 Å². The Morgan fingerprint density at radius 1 is 1.00 bits per heavy atom. The number of carbonyl (C=O) groups is 1. The van der Waals surface area contributed by atoms with Gasteiger partial charge in [0.2, 0.25) is 0 Å². The van der Waals surface area contributed by atoms with Crippen LogP contribution in [-0.2, 0) is 4.74 Å². The molecule has 0 saturated heterocycles. The highest BCUT2D eigenvalue weighted by Gasteiger charge is 2.14. The number of hydrogen-bond acceptors (Lipinski definition) is 3. The maximum atomic E-state index is 11.8. The predicted octanol–water partition coefficient (Wildman–Crippen LogP) is 3.18. The summed E-state index contributed by atoms with van der Waals surface area (Å²) in [5.74, 6) is -0.323. The molecular weight excluding hydrogens is 226 g/mol. The van der Waals surface area contributed by atoms with Crippen molar-refractivity contribution in [3.63, 3.8) is 0 Å². The molecule has 0 bridgehead atoms. The Labute approximate surface area is 106 Å². The molecule has 18 heavy (non-hydrogen) atoms. The number of esters is 1. The number of methoxy groups -OCH3 is 1. The molecule has 0 aliphatic rings. The fourth-order valence-electron chi connectivity index (χ4n) is 1.94. The van der Waals surface area contributed by atoms with E-state index >= 15 is 0 Å². The minimum absolute atomic E-state index is 0.323. The van der Waals surface area contributed by atoms with Crippen LogP contribution in [0.1, 0.15) is 10.4 Å². The number of carbonyl (C=O) groups excluding carboxylic acids is 1. The summed E-state index contributed by atoms with van der Waals surface area (Å²) in [7, 11) is 3.25. The summed E-state index contributed by atoms with van der Waals surface area (Å²) in [4.78, 5) is 11.8. The van der Waals surface area contributed by atoms with Gasteiger partial charge in [0.1, 0.15) is 0 Å².